The Balaban J connectivity index is 2.11. The van der Waals surface area contributed by atoms with Crippen LogP contribution < -0.4 is 5.32 Å². The van der Waals surface area contributed by atoms with Crippen molar-refractivity contribution in [3.8, 4) is 0 Å². The van der Waals surface area contributed by atoms with Crippen LogP contribution >= 0.6 is 27.3 Å². The minimum atomic E-state index is 0.416. The Bertz CT molecular complexity index is 504. The average Bonchev–Trinajstić information content (AvgIpc) is 2.83. The predicted molar refractivity (Wildman–Crippen MR) is 87.9 cm³/mol. The van der Waals surface area contributed by atoms with E-state index in [0.29, 0.717) is 6.04 Å². The molecule has 0 radical (unpaired) electrons. The lowest BCUT2D eigenvalue weighted by atomic mass is 10.0. The van der Waals surface area contributed by atoms with Crippen molar-refractivity contribution in [1.82, 2.24) is 5.32 Å². The van der Waals surface area contributed by atoms with Gasteiger partial charge in [0.2, 0.25) is 0 Å². The van der Waals surface area contributed by atoms with Gasteiger partial charge < -0.3 is 5.32 Å². The molecule has 0 spiro atoms. The smallest absolute Gasteiger partial charge is 0.0456 e. The van der Waals surface area contributed by atoms with Gasteiger partial charge in [-0.1, -0.05) is 36.8 Å². The van der Waals surface area contributed by atoms with Crippen LogP contribution in [0.25, 0.3) is 0 Å². The van der Waals surface area contributed by atoms with Crippen molar-refractivity contribution < 1.29 is 0 Å². The Morgan fingerprint density at radius 1 is 1.26 bits per heavy atom. The number of hydrogen-bond acceptors (Lipinski definition) is 2. The van der Waals surface area contributed by atoms with Crippen molar-refractivity contribution in [2.45, 2.75) is 32.7 Å². The standard InChI is InChI=1S/C16H20BrNS/c1-3-8-18-15(16-10-14(17)11-19-16)9-13-6-4-12(2)5-7-13/h4-7,10-11,15,18H,3,8-9H2,1-2H3. The molecule has 0 aliphatic heterocycles. The summed E-state index contributed by atoms with van der Waals surface area (Å²) in [5.74, 6) is 0. The highest BCUT2D eigenvalue weighted by atomic mass is 79.9. The quantitative estimate of drug-likeness (QED) is 0.772. The molecule has 1 N–H and O–H groups in total. The number of benzene rings is 1. The monoisotopic (exact) mass is 337 g/mol. The lowest BCUT2D eigenvalue weighted by Crippen LogP contribution is -2.23. The van der Waals surface area contributed by atoms with Gasteiger partial charge in [0, 0.05) is 20.8 Å². The van der Waals surface area contributed by atoms with E-state index >= 15 is 0 Å². The van der Waals surface area contributed by atoms with E-state index in [1.165, 1.54) is 20.5 Å². The Labute approximate surface area is 128 Å². The van der Waals surface area contributed by atoms with Crippen LogP contribution in [0.15, 0.2) is 40.2 Å². The van der Waals surface area contributed by atoms with Crippen LogP contribution in [0.2, 0.25) is 0 Å². The van der Waals surface area contributed by atoms with Gasteiger partial charge in [-0.15, -0.1) is 11.3 Å². The molecule has 1 aromatic carbocycles. The average molecular weight is 338 g/mol. The fourth-order valence-electron chi connectivity index (χ4n) is 2.06. The van der Waals surface area contributed by atoms with Gasteiger partial charge in [0.15, 0.2) is 0 Å². The van der Waals surface area contributed by atoms with E-state index in [0.717, 1.165) is 19.4 Å². The molecule has 3 heteroatoms. The zero-order chi connectivity index (χ0) is 13.7. The molecule has 1 unspecified atom stereocenters. The van der Waals surface area contributed by atoms with Crippen LogP contribution in [0, 0.1) is 6.92 Å². The number of nitrogens with one attached hydrogen (secondary N) is 1. The summed E-state index contributed by atoms with van der Waals surface area (Å²) in [6.07, 6.45) is 2.21. The van der Waals surface area contributed by atoms with Crippen LogP contribution in [-0.4, -0.2) is 6.54 Å². The third-order valence-corrected chi connectivity index (χ3v) is 4.94. The molecule has 2 rings (SSSR count). The van der Waals surface area contributed by atoms with Gasteiger partial charge in [0.25, 0.3) is 0 Å². The summed E-state index contributed by atoms with van der Waals surface area (Å²) in [6.45, 7) is 5.40. The molecule has 1 atom stereocenters. The molecule has 102 valence electrons. The fourth-order valence-corrected chi connectivity index (χ4v) is 3.58. The fraction of sp³-hybridized carbons (Fsp3) is 0.375. The molecule has 0 bridgehead atoms. The van der Waals surface area contributed by atoms with Crippen molar-refractivity contribution in [2.75, 3.05) is 6.54 Å². The van der Waals surface area contributed by atoms with Crippen molar-refractivity contribution in [1.29, 1.82) is 0 Å². The number of halogens is 1. The van der Waals surface area contributed by atoms with Crippen LogP contribution in [0.1, 0.15) is 35.4 Å². The second-order valence-electron chi connectivity index (χ2n) is 4.86. The summed E-state index contributed by atoms with van der Waals surface area (Å²) in [5, 5.41) is 5.81. The first-order valence-electron chi connectivity index (χ1n) is 6.72. The maximum atomic E-state index is 3.65. The van der Waals surface area contributed by atoms with Crippen molar-refractivity contribution >= 4 is 27.3 Å². The third-order valence-electron chi connectivity index (χ3n) is 3.13. The third kappa shape index (κ3) is 4.44. The van der Waals surface area contributed by atoms with E-state index in [4.69, 9.17) is 0 Å². The van der Waals surface area contributed by atoms with Gasteiger partial charge >= 0.3 is 0 Å². The summed E-state index contributed by atoms with van der Waals surface area (Å²) >= 11 is 5.37. The highest BCUT2D eigenvalue weighted by molar-refractivity contribution is 9.10. The number of aryl methyl sites for hydroxylation is 1. The molecular weight excluding hydrogens is 318 g/mol. The van der Waals surface area contributed by atoms with Crippen LogP contribution in [0.5, 0.6) is 0 Å². The Morgan fingerprint density at radius 2 is 2.00 bits per heavy atom. The van der Waals surface area contributed by atoms with Crippen molar-refractivity contribution in [2.24, 2.45) is 0 Å². The normalized spacial score (nSPS) is 12.6. The molecule has 1 heterocycles. The van der Waals surface area contributed by atoms with E-state index in [1.807, 2.05) is 11.3 Å². The highest BCUT2D eigenvalue weighted by Crippen LogP contribution is 2.28. The minimum absolute atomic E-state index is 0.416. The molecule has 0 saturated carbocycles. The first kappa shape index (κ1) is 14.8. The van der Waals surface area contributed by atoms with Crippen molar-refractivity contribution in [3.05, 3.63) is 56.2 Å². The summed E-state index contributed by atoms with van der Waals surface area (Å²) in [4.78, 5) is 1.40. The second-order valence-corrected chi connectivity index (χ2v) is 6.72. The van der Waals surface area contributed by atoms with Gasteiger partial charge in [-0.05, 0) is 53.9 Å². The highest BCUT2D eigenvalue weighted by Gasteiger charge is 2.13. The maximum absolute atomic E-state index is 3.65. The van der Waals surface area contributed by atoms with E-state index in [2.05, 4.69) is 70.8 Å². The van der Waals surface area contributed by atoms with E-state index in [-0.39, 0.29) is 0 Å². The Kier molecular flexibility index (Phi) is 5.61. The molecular formula is C16H20BrNS. The first-order chi connectivity index (χ1) is 9.19. The number of rotatable bonds is 6. The van der Waals surface area contributed by atoms with Crippen LogP contribution in [0.4, 0.5) is 0 Å². The number of thiophene rings is 1. The molecule has 0 amide bonds. The van der Waals surface area contributed by atoms with Gasteiger partial charge in [0.1, 0.15) is 0 Å². The largest absolute Gasteiger partial charge is 0.309 e. The summed E-state index contributed by atoms with van der Waals surface area (Å²) in [6, 6.07) is 11.5. The summed E-state index contributed by atoms with van der Waals surface area (Å²) in [7, 11) is 0. The molecule has 0 fully saturated rings. The number of hydrogen-bond donors (Lipinski definition) is 1. The van der Waals surface area contributed by atoms with Gasteiger partial charge in [-0.2, -0.15) is 0 Å². The Hall–Kier alpha value is -0.640. The van der Waals surface area contributed by atoms with Crippen LogP contribution in [0.3, 0.4) is 0 Å². The van der Waals surface area contributed by atoms with Gasteiger partial charge in [-0.3, -0.25) is 0 Å². The van der Waals surface area contributed by atoms with E-state index in [1.54, 1.807) is 0 Å². The lowest BCUT2D eigenvalue weighted by Gasteiger charge is -2.17. The molecule has 0 aliphatic rings. The summed E-state index contributed by atoms with van der Waals surface area (Å²) in [5.41, 5.74) is 2.71. The van der Waals surface area contributed by atoms with E-state index in [9.17, 15) is 0 Å². The molecule has 0 saturated heterocycles. The molecule has 0 aliphatic carbocycles. The van der Waals surface area contributed by atoms with Gasteiger partial charge in [0.05, 0.1) is 0 Å². The van der Waals surface area contributed by atoms with E-state index < -0.39 is 0 Å². The maximum Gasteiger partial charge on any atom is 0.0456 e. The molecule has 2 aromatic rings. The zero-order valence-electron chi connectivity index (χ0n) is 11.4. The Morgan fingerprint density at radius 3 is 2.58 bits per heavy atom. The van der Waals surface area contributed by atoms with Crippen molar-refractivity contribution in [3.63, 3.8) is 0 Å². The van der Waals surface area contributed by atoms with Gasteiger partial charge in [-0.25, -0.2) is 0 Å². The second kappa shape index (κ2) is 7.22. The van der Waals surface area contributed by atoms with Crippen LogP contribution in [-0.2, 0) is 6.42 Å². The molecule has 1 nitrogen and oxygen atoms in total. The zero-order valence-corrected chi connectivity index (χ0v) is 13.9. The SMILES string of the molecule is CCCNC(Cc1ccc(C)cc1)c1cc(Br)cs1. The summed E-state index contributed by atoms with van der Waals surface area (Å²) < 4.78 is 1.18. The molecule has 1 aromatic heterocycles. The minimum Gasteiger partial charge on any atom is -0.309 e. The topological polar surface area (TPSA) is 12.0 Å². The molecule has 19 heavy (non-hydrogen) atoms. The first-order valence-corrected chi connectivity index (χ1v) is 8.39. The lowest BCUT2D eigenvalue weighted by molar-refractivity contribution is 0.536. The predicted octanol–water partition coefficient (Wildman–Crippen LogP) is 5.10.